The molecule has 1 aliphatic rings. The van der Waals surface area contributed by atoms with Gasteiger partial charge in [-0.1, -0.05) is 18.2 Å². The molecule has 0 spiro atoms. The van der Waals surface area contributed by atoms with Gasteiger partial charge in [-0.15, -0.1) is 0 Å². The summed E-state index contributed by atoms with van der Waals surface area (Å²) in [6.07, 6.45) is 0.234. The van der Waals surface area contributed by atoms with E-state index < -0.39 is 6.04 Å². The highest BCUT2D eigenvalue weighted by molar-refractivity contribution is 5.99. The Morgan fingerprint density at radius 3 is 2.85 bits per heavy atom. The van der Waals surface area contributed by atoms with Gasteiger partial charge in [0.2, 0.25) is 5.91 Å². The second-order valence-corrected chi connectivity index (χ2v) is 6.48. The van der Waals surface area contributed by atoms with Crippen LogP contribution in [0.4, 0.5) is 0 Å². The van der Waals surface area contributed by atoms with Crippen molar-refractivity contribution in [3.8, 4) is 11.1 Å². The largest absolute Gasteiger partial charge is 0.396 e. The molecule has 0 aliphatic carbocycles. The molecule has 0 unspecified atom stereocenters. The summed E-state index contributed by atoms with van der Waals surface area (Å²) in [6.45, 7) is 4.61. The lowest BCUT2D eigenvalue weighted by Gasteiger charge is -2.35. The molecular weight excluding hydrogens is 330 g/mol. The molecule has 2 heterocycles. The van der Waals surface area contributed by atoms with Gasteiger partial charge in [0.25, 0.3) is 5.91 Å². The Kier molecular flexibility index (Phi) is 5.32. The Balaban J connectivity index is 1.91. The Hall–Kier alpha value is -2.73. The molecule has 26 heavy (non-hydrogen) atoms. The first kappa shape index (κ1) is 18.1. The molecule has 1 aliphatic heterocycles. The van der Waals surface area contributed by atoms with E-state index in [4.69, 9.17) is 0 Å². The number of piperazine rings is 1. The van der Waals surface area contributed by atoms with Gasteiger partial charge in [0.05, 0.1) is 0 Å². The van der Waals surface area contributed by atoms with Crippen molar-refractivity contribution in [2.75, 3.05) is 19.7 Å². The van der Waals surface area contributed by atoms with Crippen molar-refractivity contribution in [1.29, 1.82) is 0 Å². The first-order chi connectivity index (χ1) is 12.5. The number of hydrogen-bond acceptors (Lipinski definition) is 4. The molecule has 2 amide bonds. The van der Waals surface area contributed by atoms with E-state index >= 15 is 0 Å². The molecule has 1 fully saturated rings. The Bertz CT molecular complexity index is 835. The second-order valence-electron chi connectivity index (χ2n) is 6.48. The minimum Gasteiger partial charge on any atom is -0.396 e. The van der Waals surface area contributed by atoms with E-state index in [9.17, 15) is 14.7 Å². The van der Waals surface area contributed by atoms with E-state index in [1.807, 2.05) is 44.2 Å². The number of aliphatic hydroxyl groups is 1. The maximum absolute atomic E-state index is 13.0. The number of pyridine rings is 1. The summed E-state index contributed by atoms with van der Waals surface area (Å²) in [7, 11) is 0. The molecule has 3 rings (SSSR count). The quantitative estimate of drug-likeness (QED) is 0.876. The SMILES string of the molecule is Cc1ccc(-c2cccc(C(=O)N3CCNC(=O)[C@@H]3CCO)c2)c(C)n1. The third kappa shape index (κ3) is 3.60. The van der Waals surface area contributed by atoms with Crippen LogP contribution in [0.5, 0.6) is 0 Å². The van der Waals surface area contributed by atoms with E-state index in [1.54, 1.807) is 11.0 Å². The fraction of sp³-hybridized carbons (Fsp3) is 0.350. The normalized spacial score (nSPS) is 17.1. The summed E-state index contributed by atoms with van der Waals surface area (Å²) in [5.41, 5.74) is 4.28. The number of aromatic nitrogens is 1. The van der Waals surface area contributed by atoms with Gasteiger partial charge in [-0.25, -0.2) is 0 Å². The van der Waals surface area contributed by atoms with Crippen LogP contribution in [0.25, 0.3) is 11.1 Å². The third-order valence-electron chi connectivity index (χ3n) is 4.64. The highest BCUT2D eigenvalue weighted by Crippen LogP contribution is 2.24. The smallest absolute Gasteiger partial charge is 0.254 e. The topological polar surface area (TPSA) is 82.5 Å². The van der Waals surface area contributed by atoms with Crippen LogP contribution in [0, 0.1) is 13.8 Å². The number of carbonyl (C=O) groups is 2. The van der Waals surface area contributed by atoms with Gasteiger partial charge in [0, 0.05) is 42.2 Å². The number of aliphatic hydroxyl groups excluding tert-OH is 1. The molecule has 0 bridgehead atoms. The van der Waals surface area contributed by atoms with Gasteiger partial charge in [-0.05, 0) is 44.0 Å². The van der Waals surface area contributed by atoms with E-state index in [0.717, 1.165) is 22.5 Å². The van der Waals surface area contributed by atoms with Crippen molar-refractivity contribution in [1.82, 2.24) is 15.2 Å². The molecule has 2 aromatic rings. The lowest BCUT2D eigenvalue weighted by molar-refractivity contribution is -0.128. The Morgan fingerprint density at radius 1 is 1.31 bits per heavy atom. The van der Waals surface area contributed by atoms with Gasteiger partial charge < -0.3 is 15.3 Å². The monoisotopic (exact) mass is 353 g/mol. The average Bonchev–Trinajstić information content (AvgIpc) is 2.63. The highest BCUT2D eigenvalue weighted by Gasteiger charge is 2.33. The number of benzene rings is 1. The van der Waals surface area contributed by atoms with Crippen molar-refractivity contribution in [2.45, 2.75) is 26.3 Å². The number of rotatable bonds is 4. The van der Waals surface area contributed by atoms with Crippen molar-refractivity contribution < 1.29 is 14.7 Å². The van der Waals surface area contributed by atoms with Crippen molar-refractivity contribution in [3.05, 3.63) is 53.3 Å². The van der Waals surface area contributed by atoms with Crippen molar-refractivity contribution >= 4 is 11.8 Å². The van der Waals surface area contributed by atoms with Crippen LogP contribution in [0.2, 0.25) is 0 Å². The summed E-state index contributed by atoms with van der Waals surface area (Å²) in [6, 6.07) is 10.7. The van der Waals surface area contributed by atoms with Crippen LogP contribution in [-0.4, -0.2) is 52.5 Å². The van der Waals surface area contributed by atoms with Crippen molar-refractivity contribution in [2.24, 2.45) is 0 Å². The lowest BCUT2D eigenvalue weighted by Crippen LogP contribution is -2.57. The van der Waals surface area contributed by atoms with E-state index in [2.05, 4.69) is 10.3 Å². The molecule has 0 saturated carbocycles. The molecule has 136 valence electrons. The molecular formula is C20H23N3O3. The zero-order valence-electron chi connectivity index (χ0n) is 15.0. The standard InChI is InChI=1S/C20H23N3O3/c1-13-6-7-17(14(2)22-13)15-4-3-5-16(12-15)20(26)23-10-9-21-19(25)18(23)8-11-24/h3-7,12,18,24H,8-11H2,1-2H3,(H,21,25)/t18-/m0/s1. The highest BCUT2D eigenvalue weighted by atomic mass is 16.3. The van der Waals surface area contributed by atoms with E-state index in [0.29, 0.717) is 18.7 Å². The zero-order valence-corrected chi connectivity index (χ0v) is 15.0. The molecule has 1 aromatic carbocycles. The fourth-order valence-electron chi connectivity index (χ4n) is 3.34. The average molecular weight is 353 g/mol. The van der Waals surface area contributed by atoms with Gasteiger partial charge >= 0.3 is 0 Å². The molecule has 1 aromatic heterocycles. The number of nitrogens with zero attached hydrogens (tertiary/aromatic N) is 2. The molecule has 0 radical (unpaired) electrons. The predicted molar refractivity (Wildman–Crippen MR) is 98.7 cm³/mol. The second kappa shape index (κ2) is 7.66. The van der Waals surface area contributed by atoms with Gasteiger partial charge in [0.1, 0.15) is 6.04 Å². The van der Waals surface area contributed by atoms with Crippen LogP contribution >= 0.6 is 0 Å². The molecule has 6 nitrogen and oxygen atoms in total. The lowest BCUT2D eigenvalue weighted by atomic mass is 10.00. The predicted octanol–water partition coefficient (Wildman–Crippen LogP) is 1.69. The maximum atomic E-state index is 13.0. The maximum Gasteiger partial charge on any atom is 0.254 e. The number of hydrogen-bond donors (Lipinski definition) is 2. The van der Waals surface area contributed by atoms with Gasteiger partial charge in [-0.3, -0.25) is 14.6 Å². The number of nitrogens with one attached hydrogen (secondary N) is 1. The summed E-state index contributed by atoms with van der Waals surface area (Å²) in [4.78, 5) is 31.1. The van der Waals surface area contributed by atoms with Crippen molar-refractivity contribution in [3.63, 3.8) is 0 Å². The van der Waals surface area contributed by atoms with Crippen LogP contribution in [0.1, 0.15) is 28.2 Å². The molecule has 2 N–H and O–H groups in total. The minimum atomic E-state index is -0.632. The van der Waals surface area contributed by atoms with Crippen LogP contribution in [0.15, 0.2) is 36.4 Å². The number of amides is 2. The first-order valence-corrected chi connectivity index (χ1v) is 8.75. The summed E-state index contributed by atoms with van der Waals surface area (Å²) >= 11 is 0. The Labute approximate surface area is 152 Å². The zero-order chi connectivity index (χ0) is 18.7. The summed E-state index contributed by atoms with van der Waals surface area (Å²) in [5, 5.41) is 12.0. The van der Waals surface area contributed by atoms with E-state index in [1.165, 1.54) is 0 Å². The summed E-state index contributed by atoms with van der Waals surface area (Å²) < 4.78 is 0. The Morgan fingerprint density at radius 2 is 2.12 bits per heavy atom. The number of aryl methyl sites for hydroxylation is 2. The van der Waals surface area contributed by atoms with Crippen LogP contribution in [0.3, 0.4) is 0 Å². The number of carbonyl (C=O) groups excluding carboxylic acids is 2. The fourth-order valence-corrected chi connectivity index (χ4v) is 3.34. The van der Waals surface area contributed by atoms with Crippen LogP contribution in [-0.2, 0) is 4.79 Å². The molecule has 1 saturated heterocycles. The van der Waals surface area contributed by atoms with Gasteiger partial charge in [-0.2, -0.15) is 0 Å². The molecule has 1 atom stereocenters. The van der Waals surface area contributed by atoms with E-state index in [-0.39, 0.29) is 24.8 Å². The first-order valence-electron chi connectivity index (χ1n) is 8.75. The molecule has 6 heteroatoms. The summed E-state index contributed by atoms with van der Waals surface area (Å²) in [5.74, 6) is -0.411. The minimum absolute atomic E-state index is 0.143. The van der Waals surface area contributed by atoms with Crippen LogP contribution < -0.4 is 5.32 Å². The third-order valence-corrected chi connectivity index (χ3v) is 4.64. The van der Waals surface area contributed by atoms with Gasteiger partial charge in [0.15, 0.2) is 0 Å².